The van der Waals surface area contributed by atoms with Crippen LogP contribution in [0.5, 0.6) is 0 Å². The molecule has 1 N–H and O–H groups in total. The van der Waals surface area contributed by atoms with Crippen LogP contribution < -0.4 is 10.2 Å². The molecule has 1 aromatic heterocycles. The first kappa shape index (κ1) is 21.7. The van der Waals surface area contributed by atoms with Crippen LogP contribution in [0.15, 0.2) is 30.3 Å². The van der Waals surface area contributed by atoms with Gasteiger partial charge in [-0.2, -0.15) is 0 Å². The van der Waals surface area contributed by atoms with Crippen molar-refractivity contribution >= 4 is 23.3 Å². The highest BCUT2D eigenvalue weighted by molar-refractivity contribution is 5.96. The molecule has 1 aliphatic rings. The molecular formula is C22H28FN5O2. The standard InChI is InChI=1S/C22H28FN5O2/c1-14(2)9-21(29)27(4)13-20-25-18(11-19(24-3)26-20)15-10-22(30)28(12-15)17-7-5-16(23)6-8-17/h5-8,11,14-15H,9-10,12-13H2,1-4H3,(H,24,25,26). The Labute approximate surface area is 176 Å². The maximum absolute atomic E-state index is 13.2. The Morgan fingerprint density at radius 1 is 1.30 bits per heavy atom. The van der Waals surface area contributed by atoms with E-state index in [1.54, 1.807) is 36.0 Å². The fourth-order valence-corrected chi connectivity index (χ4v) is 3.51. The minimum absolute atomic E-state index is 0.0259. The zero-order valence-corrected chi connectivity index (χ0v) is 17.9. The van der Waals surface area contributed by atoms with Crippen LogP contribution in [0.3, 0.4) is 0 Å². The molecule has 7 nitrogen and oxygen atoms in total. The van der Waals surface area contributed by atoms with Crippen LogP contribution in [0.1, 0.15) is 44.1 Å². The zero-order chi connectivity index (χ0) is 21.8. The Morgan fingerprint density at radius 2 is 2.00 bits per heavy atom. The lowest BCUT2D eigenvalue weighted by Crippen LogP contribution is -2.28. The first-order valence-electron chi connectivity index (χ1n) is 10.1. The summed E-state index contributed by atoms with van der Waals surface area (Å²) in [5.41, 5.74) is 1.43. The van der Waals surface area contributed by atoms with E-state index in [0.717, 1.165) is 5.69 Å². The molecule has 1 saturated heterocycles. The molecule has 1 atom stereocenters. The summed E-state index contributed by atoms with van der Waals surface area (Å²) in [5, 5.41) is 3.03. The average Bonchev–Trinajstić information content (AvgIpc) is 3.09. The van der Waals surface area contributed by atoms with Gasteiger partial charge in [0.1, 0.15) is 17.5 Å². The van der Waals surface area contributed by atoms with Gasteiger partial charge in [0.05, 0.1) is 12.2 Å². The first-order valence-corrected chi connectivity index (χ1v) is 10.1. The van der Waals surface area contributed by atoms with Gasteiger partial charge < -0.3 is 15.1 Å². The molecule has 0 spiro atoms. The summed E-state index contributed by atoms with van der Waals surface area (Å²) in [5.74, 6) is 1.04. The normalized spacial score (nSPS) is 16.3. The van der Waals surface area contributed by atoms with Gasteiger partial charge in [-0.3, -0.25) is 9.59 Å². The summed E-state index contributed by atoms with van der Waals surface area (Å²) < 4.78 is 13.2. The number of nitrogens with one attached hydrogen (secondary N) is 1. The van der Waals surface area contributed by atoms with E-state index in [-0.39, 0.29) is 29.5 Å². The minimum Gasteiger partial charge on any atom is -0.373 e. The van der Waals surface area contributed by atoms with Gasteiger partial charge in [-0.25, -0.2) is 14.4 Å². The maximum Gasteiger partial charge on any atom is 0.227 e. The Balaban J connectivity index is 1.79. The van der Waals surface area contributed by atoms with Crippen LogP contribution in [-0.2, 0) is 16.1 Å². The summed E-state index contributed by atoms with van der Waals surface area (Å²) in [4.78, 5) is 37.3. The van der Waals surface area contributed by atoms with E-state index in [1.165, 1.54) is 12.1 Å². The number of benzene rings is 1. The second-order valence-corrected chi connectivity index (χ2v) is 8.07. The second kappa shape index (κ2) is 9.19. The number of hydrogen-bond donors (Lipinski definition) is 1. The van der Waals surface area contributed by atoms with Gasteiger partial charge in [-0.05, 0) is 30.2 Å². The maximum atomic E-state index is 13.2. The third-order valence-electron chi connectivity index (χ3n) is 5.12. The van der Waals surface area contributed by atoms with E-state index in [9.17, 15) is 14.0 Å². The summed E-state index contributed by atoms with van der Waals surface area (Å²) in [7, 11) is 3.52. The third-order valence-corrected chi connectivity index (χ3v) is 5.12. The van der Waals surface area contributed by atoms with Crippen molar-refractivity contribution in [3.63, 3.8) is 0 Å². The van der Waals surface area contributed by atoms with Crippen molar-refractivity contribution in [2.24, 2.45) is 5.92 Å². The molecule has 0 saturated carbocycles. The number of carbonyl (C=O) groups excluding carboxylic acids is 2. The topological polar surface area (TPSA) is 78.4 Å². The molecule has 30 heavy (non-hydrogen) atoms. The van der Waals surface area contributed by atoms with Crippen molar-refractivity contribution in [3.05, 3.63) is 47.7 Å². The van der Waals surface area contributed by atoms with Crippen molar-refractivity contribution in [1.82, 2.24) is 14.9 Å². The molecule has 1 fully saturated rings. The molecule has 160 valence electrons. The molecule has 1 unspecified atom stereocenters. The smallest absolute Gasteiger partial charge is 0.227 e. The minimum atomic E-state index is -0.336. The Morgan fingerprint density at radius 3 is 2.63 bits per heavy atom. The highest BCUT2D eigenvalue weighted by Gasteiger charge is 2.33. The number of aromatic nitrogens is 2. The van der Waals surface area contributed by atoms with E-state index in [0.29, 0.717) is 43.3 Å². The molecule has 2 heterocycles. The quantitative estimate of drug-likeness (QED) is 0.754. The van der Waals surface area contributed by atoms with Gasteiger partial charge in [0.2, 0.25) is 11.8 Å². The van der Waals surface area contributed by atoms with Gasteiger partial charge >= 0.3 is 0 Å². The molecule has 8 heteroatoms. The highest BCUT2D eigenvalue weighted by atomic mass is 19.1. The predicted molar refractivity (Wildman–Crippen MR) is 114 cm³/mol. The van der Waals surface area contributed by atoms with Gasteiger partial charge in [-0.15, -0.1) is 0 Å². The van der Waals surface area contributed by atoms with Gasteiger partial charge in [-0.1, -0.05) is 13.8 Å². The van der Waals surface area contributed by atoms with Crippen LogP contribution in [0.2, 0.25) is 0 Å². The lowest BCUT2D eigenvalue weighted by atomic mass is 10.0. The lowest BCUT2D eigenvalue weighted by Gasteiger charge is -2.19. The van der Waals surface area contributed by atoms with Crippen LogP contribution in [0.4, 0.5) is 15.9 Å². The van der Waals surface area contributed by atoms with Crippen molar-refractivity contribution in [2.75, 3.05) is 30.9 Å². The van der Waals surface area contributed by atoms with Crippen LogP contribution >= 0.6 is 0 Å². The number of halogens is 1. The SMILES string of the molecule is CNc1cc(C2CC(=O)N(c3ccc(F)cc3)C2)nc(CN(C)C(=O)CC(C)C)n1. The van der Waals surface area contributed by atoms with Gasteiger partial charge in [0.25, 0.3) is 0 Å². The monoisotopic (exact) mass is 413 g/mol. The van der Waals surface area contributed by atoms with E-state index in [1.807, 2.05) is 19.9 Å². The fourth-order valence-electron chi connectivity index (χ4n) is 3.51. The third kappa shape index (κ3) is 5.11. The van der Waals surface area contributed by atoms with E-state index < -0.39 is 0 Å². The average molecular weight is 413 g/mol. The molecular weight excluding hydrogens is 385 g/mol. The molecule has 1 aliphatic heterocycles. The van der Waals surface area contributed by atoms with Crippen molar-refractivity contribution in [1.29, 1.82) is 0 Å². The molecule has 0 aliphatic carbocycles. The summed E-state index contributed by atoms with van der Waals surface area (Å²) in [6.07, 6.45) is 0.790. The van der Waals surface area contributed by atoms with E-state index >= 15 is 0 Å². The molecule has 1 aromatic carbocycles. The number of rotatable bonds is 7. The van der Waals surface area contributed by atoms with Crippen molar-refractivity contribution in [2.45, 2.75) is 39.2 Å². The van der Waals surface area contributed by atoms with E-state index in [2.05, 4.69) is 15.3 Å². The van der Waals surface area contributed by atoms with Gasteiger partial charge in [0.15, 0.2) is 0 Å². The number of nitrogens with zero attached hydrogens (tertiary/aromatic N) is 4. The highest BCUT2D eigenvalue weighted by Crippen LogP contribution is 2.31. The van der Waals surface area contributed by atoms with Crippen LogP contribution in [0, 0.1) is 11.7 Å². The summed E-state index contributed by atoms with van der Waals surface area (Å²) >= 11 is 0. The van der Waals surface area contributed by atoms with Gasteiger partial charge in [0, 0.05) is 51.2 Å². The van der Waals surface area contributed by atoms with Crippen LogP contribution in [0.25, 0.3) is 0 Å². The number of amides is 2. The fraction of sp³-hybridized carbons (Fsp3) is 0.455. The Hall–Kier alpha value is -3.03. The molecule has 2 aromatic rings. The predicted octanol–water partition coefficient (Wildman–Crippen LogP) is 3.18. The first-order chi connectivity index (χ1) is 14.3. The molecule has 3 rings (SSSR count). The Kier molecular flexibility index (Phi) is 6.64. The summed E-state index contributed by atoms with van der Waals surface area (Å²) in [6.45, 7) is 4.78. The lowest BCUT2D eigenvalue weighted by molar-refractivity contribution is -0.131. The zero-order valence-electron chi connectivity index (χ0n) is 17.9. The Bertz CT molecular complexity index is 916. The van der Waals surface area contributed by atoms with Crippen molar-refractivity contribution < 1.29 is 14.0 Å². The van der Waals surface area contributed by atoms with Crippen molar-refractivity contribution in [3.8, 4) is 0 Å². The number of anilines is 2. The molecule has 2 amide bonds. The number of carbonyl (C=O) groups is 2. The van der Waals surface area contributed by atoms with Crippen LogP contribution in [-0.4, -0.2) is 47.3 Å². The largest absolute Gasteiger partial charge is 0.373 e. The molecule has 0 bridgehead atoms. The number of hydrogen-bond acceptors (Lipinski definition) is 5. The second-order valence-electron chi connectivity index (χ2n) is 8.07. The molecule has 0 radical (unpaired) electrons. The van der Waals surface area contributed by atoms with E-state index in [4.69, 9.17) is 0 Å². The summed E-state index contributed by atoms with van der Waals surface area (Å²) in [6, 6.07) is 7.75.